The summed E-state index contributed by atoms with van der Waals surface area (Å²) in [6, 6.07) is 9.83. The first-order valence-electron chi connectivity index (χ1n) is 7.46. The molecule has 0 saturated carbocycles. The van der Waals surface area contributed by atoms with Gasteiger partial charge in [0.15, 0.2) is 0 Å². The van der Waals surface area contributed by atoms with Crippen LogP contribution in [-0.2, 0) is 9.59 Å². The number of primary amides is 1. The number of nitrogens with zero attached hydrogens (tertiary/aromatic N) is 1. The molecule has 0 unspecified atom stereocenters. The zero-order valence-corrected chi connectivity index (χ0v) is 13.6. The van der Waals surface area contributed by atoms with E-state index < -0.39 is 0 Å². The summed E-state index contributed by atoms with van der Waals surface area (Å²) in [5.41, 5.74) is 6.06. The molecular weight excluding hydrogens is 302 g/mol. The van der Waals surface area contributed by atoms with Crippen LogP contribution in [0.1, 0.15) is 26.2 Å². The van der Waals surface area contributed by atoms with Gasteiger partial charge in [-0.05, 0) is 38.4 Å². The lowest BCUT2D eigenvalue weighted by Gasteiger charge is -2.32. The van der Waals surface area contributed by atoms with Crippen LogP contribution in [-0.4, -0.2) is 30.9 Å². The number of hydrogen-bond donors (Lipinski definition) is 2. The fourth-order valence-corrected chi connectivity index (χ4v) is 2.77. The zero-order chi connectivity index (χ0) is 15.2. The normalized spacial score (nSPS) is 20.8. The van der Waals surface area contributed by atoms with E-state index in [0.717, 1.165) is 25.1 Å². The van der Waals surface area contributed by atoms with Gasteiger partial charge < -0.3 is 16.0 Å². The second kappa shape index (κ2) is 8.76. The molecule has 122 valence electrons. The number of carbonyl (C=O) groups is 2. The molecule has 1 aromatic carbocycles. The molecule has 5 nitrogen and oxygen atoms in total. The van der Waals surface area contributed by atoms with Crippen molar-refractivity contribution in [3.05, 3.63) is 30.3 Å². The lowest BCUT2D eigenvalue weighted by Crippen LogP contribution is -2.45. The molecule has 22 heavy (non-hydrogen) atoms. The van der Waals surface area contributed by atoms with Crippen molar-refractivity contribution in [1.82, 2.24) is 5.32 Å². The molecule has 3 N–H and O–H groups in total. The van der Waals surface area contributed by atoms with Crippen LogP contribution in [0.5, 0.6) is 0 Å². The number of para-hydroxylation sites is 1. The van der Waals surface area contributed by atoms with E-state index in [1.165, 1.54) is 0 Å². The van der Waals surface area contributed by atoms with Crippen molar-refractivity contribution in [2.24, 2.45) is 11.7 Å². The number of benzene rings is 1. The van der Waals surface area contributed by atoms with E-state index in [-0.39, 0.29) is 36.6 Å². The molecule has 1 aliphatic rings. The average Bonchev–Trinajstić information content (AvgIpc) is 2.48. The van der Waals surface area contributed by atoms with Gasteiger partial charge in [0, 0.05) is 30.6 Å². The van der Waals surface area contributed by atoms with Gasteiger partial charge in [0.25, 0.3) is 0 Å². The highest BCUT2D eigenvalue weighted by Gasteiger charge is 2.29. The molecule has 0 bridgehead atoms. The van der Waals surface area contributed by atoms with Gasteiger partial charge in [0.2, 0.25) is 11.8 Å². The highest BCUT2D eigenvalue weighted by Crippen LogP contribution is 2.23. The Bertz CT molecular complexity index is 495. The number of amides is 2. The molecule has 2 amide bonds. The van der Waals surface area contributed by atoms with Crippen LogP contribution < -0.4 is 16.0 Å². The molecule has 0 spiro atoms. The Balaban J connectivity index is 0.00000242. The standard InChI is InChI=1S/C16H23N3O2.ClH/c1-12-11-13(7-9-18-12)16(21)19(10-8-15(17)20)14-5-3-2-4-6-14;/h2-6,12-13,18H,7-11H2,1H3,(H2,17,20);1H/t12-,13-;/m0./s1. The number of anilines is 1. The van der Waals surface area contributed by atoms with Gasteiger partial charge in [-0.2, -0.15) is 0 Å². The fraction of sp³-hybridized carbons (Fsp3) is 0.500. The van der Waals surface area contributed by atoms with Gasteiger partial charge >= 0.3 is 0 Å². The van der Waals surface area contributed by atoms with Crippen LogP contribution in [0.15, 0.2) is 30.3 Å². The molecule has 1 saturated heterocycles. The molecule has 1 aromatic rings. The van der Waals surface area contributed by atoms with E-state index in [9.17, 15) is 9.59 Å². The van der Waals surface area contributed by atoms with Crippen LogP contribution in [0.4, 0.5) is 5.69 Å². The third-order valence-electron chi connectivity index (χ3n) is 3.89. The summed E-state index contributed by atoms with van der Waals surface area (Å²) >= 11 is 0. The van der Waals surface area contributed by atoms with E-state index in [4.69, 9.17) is 5.73 Å². The number of hydrogen-bond acceptors (Lipinski definition) is 3. The minimum Gasteiger partial charge on any atom is -0.370 e. The predicted molar refractivity (Wildman–Crippen MR) is 90.0 cm³/mol. The number of carbonyl (C=O) groups excluding carboxylic acids is 2. The second-order valence-corrected chi connectivity index (χ2v) is 5.62. The van der Waals surface area contributed by atoms with Crippen LogP contribution in [0.3, 0.4) is 0 Å². The number of piperidine rings is 1. The maximum Gasteiger partial charge on any atom is 0.230 e. The summed E-state index contributed by atoms with van der Waals surface area (Å²) in [6.07, 6.45) is 1.85. The molecule has 2 atom stereocenters. The largest absolute Gasteiger partial charge is 0.370 e. The van der Waals surface area contributed by atoms with Gasteiger partial charge in [-0.3, -0.25) is 9.59 Å². The van der Waals surface area contributed by atoms with Gasteiger partial charge in [0.1, 0.15) is 0 Å². The van der Waals surface area contributed by atoms with Crippen molar-refractivity contribution in [2.45, 2.75) is 32.2 Å². The summed E-state index contributed by atoms with van der Waals surface area (Å²) in [4.78, 5) is 25.6. The lowest BCUT2D eigenvalue weighted by molar-refractivity contribution is -0.123. The van der Waals surface area contributed by atoms with Gasteiger partial charge in [0.05, 0.1) is 0 Å². The molecule has 0 aromatic heterocycles. The Morgan fingerprint density at radius 3 is 2.59 bits per heavy atom. The van der Waals surface area contributed by atoms with Crippen molar-refractivity contribution in [3.8, 4) is 0 Å². The highest BCUT2D eigenvalue weighted by atomic mass is 35.5. The smallest absolute Gasteiger partial charge is 0.230 e. The summed E-state index contributed by atoms with van der Waals surface area (Å²) in [6.45, 7) is 3.29. The van der Waals surface area contributed by atoms with Crippen molar-refractivity contribution < 1.29 is 9.59 Å². The Morgan fingerprint density at radius 1 is 1.32 bits per heavy atom. The van der Waals surface area contributed by atoms with Gasteiger partial charge in [-0.25, -0.2) is 0 Å². The van der Waals surface area contributed by atoms with Crippen molar-refractivity contribution in [2.75, 3.05) is 18.0 Å². The fourth-order valence-electron chi connectivity index (χ4n) is 2.77. The predicted octanol–water partition coefficient (Wildman–Crippen LogP) is 1.70. The lowest BCUT2D eigenvalue weighted by atomic mass is 9.91. The Morgan fingerprint density at radius 2 is 2.00 bits per heavy atom. The minimum atomic E-state index is -0.387. The Kier molecular flexibility index (Phi) is 7.35. The molecule has 1 fully saturated rings. The maximum atomic E-state index is 12.8. The average molecular weight is 326 g/mol. The summed E-state index contributed by atoms with van der Waals surface area (Å²) < 4.78 is 0. The van der Waals surface area contributed by atoms with E-state index in [2.05, 4.69) is 12.2 Å². The Hall–Kier alpha value is -1.59. The maximum absolute atomic E-state index is 12.8. The first-order chi connectivity index (χ1) is 10.1. The third-order valence-corrected chi connectivity index (χ3v) is 3.89. The van der Waals surface area contributed by atoms with E-state index in [0.29, 0.717) is 12.6 Å². The third kappa shape index (κ3) is 5.00. The SMILES string of the molecule is C[C@H]1C[C@@H](C(=O)N(CCC(N)=O)c2ccccc2)CCN1.Cl. The number of nitrogens with two attached hydrogens (primary N) is 1. The molecular formula is C16H24ClN3O2. The highest BCUT2D eigenvalue weighted by molar-refractivity contribution is 5.95. The Labute approximate surface area is 137 Å². The van der Waals surface area contributed by atoms with Gasteiger partial charge in [-0.1, -0.05) is 18.2 Å². The van der Waals surface area contributed by atoms with E-state index in [1.54, 1.807) is 4.90 Å². The topological polar surface area (TPSA) is 75.4 Å². The summed E-state index contributed by atoms with van der Waals surface area (Å²) in [5.74, 6) is -0.285. The summed E-state index contributed by atoms with van der Waals surface area (Å²) in [7, 11) is 0. The first-order valence-corrected chi connectivity index (χ1v) is 7.46. The zero-order valence-electron chi connectivity index (χ0n) is 12.8. The van der Waals surface area contributed by atoms with E-state index >= 15 is 0 Å². The minimum absolute atomic E-state index is 0. The van der Waals surface area contributed by atoms with Crippen LogP contribution in [0, 0.1) is 5.92 Å². The molecule has 6 heteroatoms. The number of halogens is 1. The molecule has 2 rings (SSSR count). The van der Waals surface area contributed by atoms with Gasteiger partial charge in [-0.15, -0.1) is 12.4 Å². The first kappa shape index (κ1) is 18.5. The second-order valence-electron chi connectivity index (χ2n) is 5.62. The molecule has 0 radical (unpaired) electrons. The molecule has 0 aliphatic carbocycles. The molecule has 1 aliphatic heterocycles. The monoisotopic (exact) mass is 325 g/mol. The van der Waals surface area contributed by atoms with Crippen molar-refractivity contribution in [1.29, 1.82) is 0 Å². The van der Waals surface area contributed by atoms with E-state index in [1.807, 2.05) is 30.3 Å². The van der Waals surface area contributed by atoms with Crippen molar-refractivity contribution >= 4 is 29.9 Å². The summed E-state index contributed by atoms with van der Waals surface area (Å²) in [5, 5.41) is 3.35. The quantitative estimate of drug-likeness (QED) is 0.865. The van der Waals surface area contributed by atoms with Crippen LogP contribution in [0.25, 0.3) is 0 Å². The van der Waals surface area contributed by atoms with Crippen molar-refractivity contribution in [3.63, 3.8) is 0 Å². The van der Waals surface area contributed by atoms with Crippen LogP contribution in [0.2, 0.25) is 0 Å². The number of rotatable bonds is 5. The van der Waals surface area contributed by atoms with Crippen LogP contribution >= 0.6 is 12.4 Å². The number of nitrogens with one attached hydrogen (secondary N) is 1. The molecule has 1 heterocycles.